The second kappa shape index (κ2) is 11.0. The SMILES string of the molecule is CCCCCC(Br)C(Br)CCCCCCC1(C(=O)OC)CO1. The van der Waals surface area contributed by atoms with Gasteiger partial charge in [0.05, 0.1) is 13.7 Å². The van der Waals surface area contributed by atoms with Crippen LogP contribution in [0.4, 0.5) is 0 Å². The fraction of sp³-hybridized carbons (Fsp3) is 0.941. The minimum atomic E-state index is -0.590. The quantitative estimate of drug-likeness (QED) is 0.167. The van der Waals surface area contributed by atoms with Gasteiger partial charge in [-0.1, -0.05) is 77.3 Å². The minimum absolute atomic E-state index is 0.206. The second-order valence-corrected chi connectivity index (χ2v) is 8.61. The van der Waals surface area contributed by atoms with Crippen LogP contribution in [-0.4, -0.2) is 34.9 Å². The maximum atomic E-state index is 11.5. The highest BCUT2D eigenvalue weighted by atomic mass is 79.9. The monoisotopic (exact) mass is 440 g/mol. The number of epoxide rings is 1. The summed E-state index contributed by atoms with van der Waals surface area (Å²) in [5.74, 6) is -0.206. The van der Waals surface area contributed by atoms with Crippen LogP contribution in [0.2, 0.25) is 0 Å². The van der Waals surface area contributed by atoms with Gasteiger partial charge in [0, 0.05) is 9.65 Å². The summed E-state index contributed by atoms with van der Waals surface area (Å²) in [6.45, 7) is 2.78. The van der Waals surface area contributed by atoms with E-state index < -0.39 is 5.60 Å². The van der Waals surface area contributed by atoms with Crippen LogP contribution in [0.3, 0.4) is 0 Å². The molecule has 0 aromatic rings. The molecule has 1 rings (SSSR count). The first-order chi connectivity index (χ1) is 10.6. The van der Waals surface area contributed by atoms with E-state index >= 15 is 0 Å². The van der Waals surface area contributed by atoms with Gasteiger partial charge in [-0.2, -0.15) is 0 Å². The number of halogens is 2. The zero-order valence-electron chi connectivity index (χ0n) is 13.9. The zero-order chi connectivity index (χ0) is 16.4. The van der Waals surface area contributed by atoms with Crippen LogP contribution in [0.25, 0.3) is 0 Å². The third kappa shape index (κ3) is 7.31. The van der Waals surface area contributed by atoms with Crippen molar-refractivity contribution in [2.45, 2.75) is 86.4 Å². The molecule has 1 fully saturated rings. The highest BCUT2D eigenvalue weighted by Gasteiger charge is 2.52. The third-order valence-corrected chi connectivity index (χ3v) is 7.24. The van der Waals surface area contributed by atoms with Crippen LogP contribution < -0.4 is 0 Å². The molecule has 130 valence electrons. The lowest BCUT2D eigenvalue weighted by molar-refractivity contribution is -0.147. The summed E-state index contributed by atoms with van der Waals surface area (Å²) >= 11 is 7.61. The normalized spacial score (nSPS) is 23.1. The van der Waals surface area contributed by atoms with E-state index in [4.69, 9.17) is 9.47 Å². The lowest BCUT2D eigenvalue weighted by Gasteiger charge is -2.16. The van der Waals surface area contributed by atoms with Gasteiger partial charge in [0.2, 0.25) is 0 Å². The molecule has 1 heterocycles. The van der Waals surface area contributed by atoms with Crippen LogP contribution in [0.15, 0.2) is 0 Å². The first-order valence-corrected chi connectivity index (χ1v) is 10.4. The molecule has 0 radical (unpaired) electrons. The summed E-state index contributed by atoms with van der Waals surface area (Å²) < 4.78 is 10.1. The summed E-state index contributed by atoms with van der Waals surface area (Å²) in [6, 6.07) is 0. The average molecular weight is 442 g/mol. The fourth-order valence-corrected chi connectivity index (χ4v) is 3.87. The van der Waals surface area contributed by atoms with Gasteiger partial charge in [-0.05, 0) is 25.7 Å². The zero-order valence-corrected chi connectivity index (χ0v) is 17.1. The number of carbonyl (C=O) groups is 1. The van der Waals surface area contributed by atoms with Crippen molar-refractivity contribution < 1.29 is 14.3 Å². The topological polar surface area (TPSA) is 38.8 Å². The van der Waals surface area contributed by atoms with E-state index in [0.717, 1.165) is 19.3 Å². The molecule has 0 aromatic heterocycles. The molecule has 1 aliphatic heterocycles. The van der Waals surface area contributed by atoms with Crippen LogP contribution >= 0.6 is 31.9 Å². The van der Waals surface area contributed by atoms with E-state index in [1.165, 1.54) is 52.1 Å². The number of carbonyl (C=O) groups excluding carboxylic acids is 1. The van der Waals surface area contributed by atoms with E-state index in [-0.39, 0.29) is 5.97 Å². The van der Waals surface area contributed by atoms with E-state index in [2.05, 4.69) is 38.8 Å². The lowest BCUT2D eigenvalue weighted by Crippen LogP contribution is -2.25. The molecule has 3 unspecified atom stereocenters. The van der Waals surface area contributed by atoms with Crippen molar-refractivity contribution in [2.75, 3.05) is 13.7 Å². The first-order valence-electron chi connectivity index (χ1n) is 8.56. The number of ether oxygens (including phenoxy) is 2. The number of methoxy groups -OCH3 is 1. The van der Waals surface area contributed by atoms with Crippen LogP contribution in [0, 0.1) is 0 Å². The van der Waals surface area contributed by atoms with Crippen molar-refractivity contribution >= 4 is 37.8 Å². The molecule has 0 spiro atoms. The molecule has 0 saturated carbocycles. The third-order valence-electron chi connectivity index (χ3n) is 4.34. The predicted octanol–water partition coefficient (Wildman–Crippen LogP) is 5.38. The van der Waals surface area contributed by atoms with Gasteiger partial charge in [-0.25, -0.2) is 4.79 Å². The number of unbranched alkanes of at least 4 members (excludes halogenated alkanes) is 5. The molecule has 0 amide bonds. The van der Waals surface area contributed by atoms with Gasteiger partial charge in [0.1, 0.15) is 0 Å². The van der Waals surface area contributed by atoms with Crippen molar-refractivity contribution in [1.82, 2.24) is 0 Å². The Morgan fingerprint density at radius 2 is 1.64 bits per heavy atom. The standard InChI is InChI=1S/C17H30Br2O3/c1-3-4-7-10-14(18)15(19)11-8-5-6-9-12-17(13-22-17)16(20)21-2/h14-15H,3-13H2,1-2H3. The van der Waals surface area contributed by atoms with Crippen LogP contribution in [0.5, 0.6) is 0 Å². The molecule has 0 bridgehead atoms. The number of hydrogen-bond donors (Lipinski definition) is 0. The van der Waals surface area contributed by atoms with E-state index in [1.54, 1.807) is 0 Å². The first kappa shape index (κ1) is 20.4. The minimum Gasteiger partial charge on any atom is -0.467 e. The maximum Gasteiger partial charge on any atom is 0.340 e. The lowest BCUT2D eigenvalue weighted by atomic mass is 10.0. The molecule has 3 atom stereocenters. The van der Waals surface area contributed by atoms with Gasteiger partial charge < -0.3 is 9.47 Å². The summed E-state index contributed by atoms with van der Waals surface area (Å²) in [6.07, 6.45) is 11.8. The van der Waals surface area contributed by atoms with E-state index in [1.807, 2.05) is 0 Å². The molecule has 0 aliphatic carbocycles. The maximum absolute atomic E-state index is 11.5. The number of alkyl halides is 2. The Kier molecular flexibility index (Phi) is 10.2. The number of rotatable bonds is 13. The van der Waals surface area contributed by atoms with Crippen molar-refractivity contribution in [3.63, 3.8) is 0 Å². The Morgan fingerprint density at radius 1 is 1.09 bits per heavy atom. The van der Waals surface area contributed by atoms with Gasteiger partial charge in [-0.3, -0.25) is 0 Å². The highest BCUT2D eigenvalue weighted by Crippen LogP contribution is 2.34. The molecule has 0 aromatic carbocycles. The van der Waals surface area contributed by atoms with Gasteiger partial charge in [-0.15, -0.1) is 0 Å². The van der Waals surface area contributed by atoms with Gasteiger partial charge in [0.15, 0.2) is 5.60 Å². The van der Waals surface area contributed by atoms with Gasteiger partial charge in [0.25, 0.3) is 0 Å². The Bertz CT molecular complexity index is 319. The summed E-state index contributed by atoms with van der Waals surface area (Å²) in [7, 11) is 1.43. The smallest absolute Gasteiger partial charge is 0.340 e. The van der Waals surface area contributed by atoms with E-state index in [9.17, 15) is 4.79 Å². The summed E-state index contributed by atoms with van der Waals surface area (Å²) in [4.78, 5) is 12.7. The molecule has 22 heavy (non-hydrogen) atoms. The van der Waals surface area contributed by atoms with Crippen molar-refractivity contribution in [3.8, 4) is 0 Å². The number of hydrogen-bond acceptors (Lipinski definition) is 3. The molecule has 3 nitrogen and oxygen atoms in total. The Labute approximate surface area is 152 Å². The molecular weight excluding hydrogens is 412 g/mol. The molecule has 5 heteroatoms. The fourth-order valence-electron chi connectivity index (χ4n) is 2.69. The highest BCUT2D eigenvalue weighted by molar-refractivity contribution is 9.12. The molecular formula is C17H30Br2O3. The number of esters is 1. The summed E-state index contributed by atoms with van der Waals surface area (Å²) in [5, 5.41) is 0. The largest absolute Gasteiger partial charge is 0.467 e. The van der Waals surface area contributed by atoms with Crippen LogP contribution in [0.1, 0.15) is 71.1 Å². The Hall–Kier alpha value is 0.390. The Morgan fingerprint density at radius 3 is 2.14 bits per heavy atom. The molecule has 0 N–H and O–H groups in total. The summed E-state index contributed by atoms with van der Waals surface area (Å²) in [5.41, 5.74) is -0.590. The van der Waals surface area contributed by atoms with Crippen molar-refractivity contribution in [3.05, 3.63) is 0 Å². The molecule has 1 saturated heterocycles. The van der Waals surface area contributed by atoms with E-state index in [0.29, 0.717) is 16.3 Å². The molecule has 1 aliphatic rings. The predicted molar refractivity (Wildman–Crippen MR) is 98.0 cm³/mol. The Balaban J connectivity index is 2.00. The van der Waals surface area contributed by atoms with Gasteiger partial charge >= 0.3 is 5.97 Å². The average Bonchev–Trinajstić information content (AvgIpc) is 3.30. The van der Waals surface area contributed by atoms with Crippen molar-refractivity contribution in [2.24, 2.45) is 0 Å². The second-order valence-electron chi connectivity index (χ2n) is 6.26. The van der Waals surface area contributed by atoms with Crippen molar-refractivity contribution in [1.29, 1.82) is 0 Å². The van der Waals surface area contributed by atoms with Crippen LogP contribution in [-0.2, 0) is 14.3 Å².